The van der Waals surface area contributed by atoms with Crippen LogP contribution in [0.3, 0.4) is 0 Å². The molecule has 1 aromatic rings. The second kappa shape index (κ2) is 5.94. The molecule has 1 unspecified atom stereocenters. The van der Waals surface area contributed by atoms with Gasteiger partial charge in [-0.25, -0.2) is 17.2 Å². The Morgan fingerprint density at radius 2 is 1.95 bits per heavy atom. The van der Waals surface area contributed by atoms with E-state index in [4.69, 9.17) is 5.73 Å². The monoisotopic (exact) mass is 292 g/mol. The van der Waals surface area contributed by atoms with Crippen molar-refractivity contribution in [3.63, 3.8) is 0 Å². The van der Waals surface area contributed by atoms with E-state index in [1.54, 1.807) is 6.92 Å². The molecule has 0 spiro atoms. The summed E-state index contributed by atoms with van der Waals surface area (Å²) < 4.78 is 52.6. The summed E-state index contributed by atoms with van der Waals surface area (Å²) in [6.07, 6.45) is 0.566. The predicted molar refractivity (Wildman–Crippen MR) is 69.0 cm³/mol. The third kappa shape index (κ3) is 3.10. The Bertz CT molecular complexity index is 561. The van der Waals surface area contributed by atoms with Crippen molar-refractivity contribution in [3.8, 4) is 0 Å². The van der Waals surface area contributed by atoms with Crippen LogP contribution in [0.4, 0.5) is 8.78 Å². The van der Waals surface area contributed by atoms with Gasteiger partial charge in [-0.15, -0.1) is 0 Å². The molecule has 0 radical (unpaired) electrons. The molecule has 0 fully saturated rings. The second-order valence-electron chi connectivity index (χ2n) is 4.37. The van der Waals surface area contributed by atoms with Crippen molar-refractivity contribution < 1.29 is 17.2 Å². The summed E-state index contributed by atoms with van der Waals surface area (Å²) in [5.41, 5.74) is 5.58. The lowest BCUT2D eigenvalue weighted by atomic mass is 10.2. The van der Waals surface area contributed by atoms with Crippen LogP contribution in [0.25, 0.3) is 0 Å². The Morgan fingerprint density at radius 3 is 2.42 bits per heavy atom. The minimum Gasteiger partial charge on any atom is -0.326 e. The lowest BCUT2D eigenvalue weighted by molar-refractivity contribution is 0.376. The van der Waals surface area contributed by atoms with Gasteiger partial charge in [0.2, 0.25) is 10.0 Å². The molecule has 1 atom stereocenters. The van der Waals surface area contributed by atoms with Crippen LogP contribution in [0.2, 0.25) is 0 Å². The van der Waals surface area contributed by atoms with Crippen molar-refractivity contribution in [2.75, 3.05) is 7.05 Å². The van der Waals surface area contributed by atoms with E-state index >= 15 is 0 Å². The fraction of sp³-hybridized carbons (Fsp3) is 0.500. The minimum atomic E-state index is -4.07. The molecule has 0 saturated carbocycles. The molecule has 4 nitrogen and oxygen atoms in total. The first-order chi connectivity index (χ1) is 8.75. The van der Waals surface area contributed by atoms with Gasteiger partial charge in [0.05, 0.1) is 0 Å². The summed E-state index contributed by atoms with van der Waals surface area (Å²) in [6.45, 7) is 3.44. The first kappa shape index (κ1) is 16.0. The molecule has 19 heavy (non-hydrogen) atoms. The Balaban J connectivity index is 3.40. The average molecular weight is 292 g/mol. The number of hydrogen-bond acceptors (Lipinski definition) is 3. The van der Waals surface area contributed by atoms with E-state index in [1.165, 1.54) is 7.05 Å². The minimum absolute atomic E-state index is 0.0627. The molecule has 0 bridgehead atoms. The molecule has 2 N–H and O–H groups in total. The van der Waals surface area contributed by atoms with Gasteiger partial charge in [-0.05, 0) is 31.0 Å². The van der Waals surface area contributed by atoms with E-state index in [0.29, 0.717) is 6.42 Å². The van der Waals surface area contributed by atoms with E-state index < -0.39 is 26.6 Å². The maximum absolute atomic E-state index is 13.7. The topological polar surface area (TPSA) is 63.4 Å². The fourth-order valence-electron chi connectivity index (χ4n) is 1.57. The third-order valence-corrected chi connectivity index (χ3v) is 5.13. The Hall–Kier alpha value is -1.05. The summed E-state index contributed by atoms with van der Waals surface area (Å²) in [6, 6.07) is 1.67. The predicted octanol–water partition coefficient (Wildman–Crippen LogP) is 1.84. The van der Waals surface area contributed by atoms with Gasteiger partial charge in [0.25, 0.3) is 0 Å². The van der Waals surface area contributed by atoms with Crippen molar-refractivity contribution in [2.45, 2.75) is 37.8 Å². The number of sulfonamides is 1. The van der Waals surface area contributed by atoms with E-state index in [1.807, 2.05) is 6.92 Å². The molecule has 0 aromatic heterocycles. The highest BCUT2D eigenvalue weighted by molar-refractivity contribution is 7.89. The summed E-state index contributed by atoms with van der Waals surface area (Å²) in [7, 11) is -2.73. The molecule has 0 saturated heterocycles. The summed E-state index contributed by atoms with van der Waals surface area (Å²) >= 11 is 0. The molecular weight excluding hydrogens is 274 g/mol. The lowest BCUT2D eigenvalue weighted by Crippen LogP contribution is -2.35. The smallest absolute Gasteiger partial charge is 0.246 e. The van der Waals surface area contributed by atoms with Crippen LogP contribution < -0.4 is 5.73 Å². The lowest BCUT2D eigenvalue weighted by Gasteiger charge is -2.23. The van der Waals surface area contributed by atoms with Crippen LogP contribution in [0.1, 0.15) is 25.8 Å². The number of benzene rings is 1. The molecule has 1 rings (SSSR count). The van der Waals surface area contributed by atoms with Crippen molar-refractivity contribution in [3.05, 3.63) is 29.3 Å². The number of halogens is 2. The zero-order chi connectivity index (χ0) is 14.8. The number of nitrogens with zero attached hydrogens (tertiary/aromatic N) is 1. The number of nitrogens with two attached hydrogens (primary N) is 1. The van der Waals surface area contributed by atoms with Crippen molar-refractivity contribution in [1.29, 1.82) is 0 Å². The van der Waals surface area contributed by atoms with Crippen LogP contribution in [0.5, 0.6) is 0 Å². The summed E-state index contributed by atoms with van der Waals surface area (Å²) in [5.74, 6) is -2.58. The first-order valence-electron chi connectivity index (χ1n) is 5.91. The maximum Gasteiger partial charge on any atom is 0.246 e. The van der Waals surface area contributed by atoms with Crippen LogP contribution in [0.15, 0.2) is 17.0 Å². The second-order valence-corrected chi connectivity index (χ2v) is 6.34. The van der Waals surface area contributed by atoms with Gasteiger partial charge in [-0.1, -0.05) is 6.92 Å². The molecule has 7 heteroatoms. The Morgan fingerprint density at radius 1 is 1.37 bits per heavy atom. The van der Waals surface area contributed by atoms with Gasteiger partial charge in [0.1, 0.15) is 4.90 Å². The van der Waals surface area contributed by atoms with Crippen LogP contribution >= 0.6 is 0 Å². The van der Waals surface area contributed by atoms with Crippen LogP contribution in [-0.2, 0) is 16.6 Å². The van der Waals surface area contributed by atoms with Crippen molar-refractivity contribution in [1.82, 2.24) is 4.31 Å². The Labute approximate surface area is 112 Å². The molecule has 0 aliphatic rings. The molecule has 0 aliphatic heterocycles. The first-order valence-corrected chi connectivity index (χ1v) is 7.35. The van der Waals surface area contributed by atoms with Gasteiger partial charge in [0.15, 0.2) is 11.6 Å². The quantitative estimate of drug-likeness (QED) is 0.900. The standard InChI is InChI=1S/C12H18F2N2O2S/c1-4-8(2)16(3)19(17,18)11-6-9(7-15)5-10(13)12(11)14/h5-6,8H,4,7,15H2,1-3H3. The third-order valence-electron chi connectivity index (χ3n) is 3.16. The molecule has 1 aromatic carbocycles. The van der Waals surface area contributed by atoms with Gasteiger partial charge in [-0.3, -0.25) is 0 Å². The van der Waals surface area contributed by atoms with Crippen LogP contribution in [0, 0.1) is 11.6 Å². The molecule has 0 aliphatic carbocycles. The average Bonchev–Trinajstić information content (AvgIpc) is 2.39. The van der Waals surface area contributed by atoms with Crippen LogP contribution in [-0.4, -0.2) is 25.8 Å². The SMILES string of the molecule is CCC(C)N(C)S(=O)(=O)c1cc(CN)cc(F)c1F. The number of rotatable bonds is 5. The zero-order valence-electron chi connectivity index (χ0n) is 11.2. The van der Waals surface area contributed by atoms with Gasteiger partial charge >= 0.3 is 0 Å². The highest BCUT2D eigenvalue weighted by Gasteiger charge is 2.29. The Kier molecular flexibility index (Phi) is 5.00. The highest BCUT2D eigenvalue weighted by Crippen LogP contribution is 2.24. The van der Waals surface area contributed by atoms with Gasteiger partial charge in [-0.2, -0.15) is 4.31 Å². The van der Waals surface area contributed by atoms with E-state index in [-0.39, 0.29) is 18.2 Å². The van der Waals surface area contributed by atoms with E-state index in [0.717, 1.165) is 16.4 Å². The van der Waals surface area contributed by atoms with Crippen molar-refractivity contribution >= 4 is 10.0 Å². The highest BCUT2D eigenvalue weighted by atomic mass is 32.2. The van der Waals surface area contributed by atoms with Gasteiger partial charge in [0, 0.05) is 19.6 Å². The van der Waals surface area contributed by atoms with E-state index in [9.17, 15) is 17.2 Å². The molecule has 0 heterocycles. The van der Waals surface area contributed by atoms with E-state index in [2.05, 4.69) is 0 Å². The van der Waals surface area contributed by atoms with Crippen molar-refractivity contribution in [2.24, 2.45) is 5.73 Å². The molecular formula is C12H18F2N2O2S. The maximum atomic E-state index is 13.7. The summed E-state index contributed by atoms with van der Waals surface area (Å²) in [5, 5.41) is 0. The zero-order valence-corrected chi connectivity index (χ0v) is 12.0. The van der Waals surface area contributed by atoms with Gasteiger partial charge < -0.3 is 5.73 Å². The normalized spacial score (nSPS) is 13.8. The largest absolute Gasteiger partial charge is 0.326 e. The summed E-state index contributed by atoms with van der Waals surface area (Å²) in [4.78, 5) is -0.671. The fourth-order valence-corrected chi connectivity index (χ4v) is 3.13. The molecule has 0 amide bonds. The molecule has 108 valence electrons. The number of hydrogen-bond donors (Lipinski definition) is 1.